The number of anilines is 1. The summed E-state index contributed by atoms with van der Waals surface area (Å²) < 4.78 is 1.38. The highest BCUT2D eigenvalue weighted by Crippen LogP contribution is 2.26. The largest absolute Gasteiger partial charge is 0.411 e. The fourth-order valence-electron chi connectivity index (χ4n) is 3.68. The Kier molecular flexibility index (Phi) is 4.66. The molecule has 3 rings (SSSR count). The Bertz CT molecular complexity index is 578. The van der Waals surface area contributed by atoms with Crippen LogP contribution in [0.4, 0.5) is 5.95 Å². The number of hydrogen-bond acceptors (Lipinski definition) is 5. The topological polar surface area (TPSA) is 59.4 Å². The third-order valence-corrected chi connectivity index (χ3v) is 4.84. The van der Waals surface area contributed by atoms with Crippen LogP contribution in [0.3, 0.4) is 0 Å². The molecule has 2 heterocycles. The summed E-state index contributed by atoms with van der Waals surface area (Å²) in [7, 11) is 1.55. The molecule has 1 aliphatic heterocycles. The molecule has 6 heteroatoms. The quantitative estimate of drug-likeness (QED) is 0.903. The van der Waals surface area contributed by atoms with Gasteiger partial charge in [0.2, 0.25) is 5.95 Å². The number of aromatic nitrogens is 2. The normalized spacial score (nSPS) is 18.8. The van der Waals surface area contributed by atoms with Crippen LogP contribution in [0.5, 0.6) is 0 Å². The van der Waals surface area contributed by atoms with Crippen LogP contribution in [0.2, 0.25) is 0 Å². The Morgan fingerprint density at radius 2 is 2.14 bits per heavy atom. The van der Waals surface area contributed by atoms with Gasteiger partial charge in [-0.05, 0) is 19.8 Å². The lowest BCUT2D eigenvalue weighted by Crippen LogP contribution is -2.45. The molecule has 1 fully saturated rings. The van der Waals surface area contributed by atoms with Gasteiger partial charge in [-0.3, -0.25) is 4.79 Å². The summed E-state index contributed by atoms with van der Waals surface area (Å²) in [4.78, 5) is 25.2. The zero-order valence-electron chi connectivity index (χ0n) is 13.6. The third-order valence-electron chi connectivity index (χ3n) is 4.84. The molecule has 0 amide bonds. The van der Waals surface area contributed by atoms with E-state index in [1.807, 2.05) is 0 Å². The molecular weight excluding hydrogens is 280 g/mol. The van der Waals surface area contributed by atoms with Gasteiger partial charge in [0.1, 0.15) is 7.11 Å². The number of nitrogens with zero attached hydrogens (tertiary/aromatic N) is 3. The van der Waals surface area contributed by atoms with Gasteiger partial charge in [-0.25, -0.2) is 4.98 Å². The lowest BCUT2D eigenvalue weighted by Gasteiger charge is -2.35. The number of fused-ring (bicyclic) bond motifs is 1. The first-order valence-corrected chi connectivity index (χ1v) is 8.43. The van der Waals surface area contributed by atoms with Gasteiger partial charge in [-0.1, -0.05) is 19.3 Å². The lowest BCUT2D eigenvalue weighted by atomic mass is 9.94. The second-order valence-electron chi connectivity index (χ2n) is 6.12. The number of nitrogens with one attached hydrogen (secondary N) is 1. The second-order valence-corrected chi connectivity index (χ2v) is 6.12. The summed E-state index contributed by atoms with van der Waals surface area (Å²) >= 11 is 0. The molecule has 22 heavy (non-hydrogen) atoms. The molecule has 0 spiro atoms. The molecule has 0 bridgehead atoms. The van der Waals surface area contributed by atoms with Crippen LogP contribution in [0.25, 0.3) is 0 Å². The first kappa shape index (κ1) is 15.3. The van der Waals surface area contributed by atoms with Crippen LogP contribution in [-0.2, 0) is 13.0 Å². The predicted molar refractivity (Wildman–Crippen MR) is 86.3 cm³/mol. The van der Waals surface area contributed by atoms with Crippen LogP contribution >= 0.6 is 0 Å². The fraction of sp³-hybridized carbons (Fsp3) is 0.750. The van der Waals surface area contributed by atoms with Crippen molar-refractivity contribution in [1.82, 2.24) is 15.0 Å². The average molecular weight is 306 g/mol. The minimum Gasteiger partial charge on any atom is -0.411 e. The zero-order chi connectivity index (χ0) is 15.5. The maximum absolute atomic E-state index is 12.7. The number of rotatable bonds is 4. The van der Waals surface area contributed by atoms with Crippen LogP contribution in [-0.4, -0.2) is 36.0 Å². The Morgan fingerprint density at radius 1 is 1.36 bits per heavy atom. The van der Waals surface area contributed by atoms with Crippen LogP contribution in [0.1, 0.15) is 50.3 Å². The van der Waals surface area contributed by atoms with Crippen LogP contribution in [0, 0.1) is 0 Å². The maximum Gasteiger partial charge on any atom is 0.292 e. The van der Waals surface area contributed by atoms with E-state index in [1.54, 1.807) is 7.11 Å². The summed E-state index contributed by atoms with van der Waals surface area (Å²) in [6.45, 7) is 4.44. The molecular formula is C16H26N4O2. The van der Waals surface area contributed by atoms with Crippen molar-refractivity contribution in [2.75, 3.05) is 25.1 Å². The van der Waals surface area contributed by atoms with Gasteiger partial charge in [0, 0.05) is 32.1 Å². The van der Waals surface area contributed by atoms with Gasteiger partial charge in [-0.15, -0.1) is 4.73 Å². The minimum atomic E-state index is -0.0658. The van der Waals surface area contributed by atoms with E-state index in [-0.39, 0.29) is 5.56 Å². The highest BCUT2D eigenvalue weighted by molar-refractivity contribution is 5.37. The summed E-state index contributed by atoms with van der Waals surface area (Å²) in [5.41, 5.74) is 1.61. The molecule has 0 unspecified atom stereocenters. The first-order valence-electron chi connectivity index (χ1n) is 8.43. The van der Waals surface area contributed by atoms with Gasteiger partial charge in [0.25, 0.3) is 5.56 Å². The Morgan fingerprint density at radius 3 is 2.82 bits per heavy atom. The molecule has 1 aromatic rings. The van der Waals surface area contributed by atoms with Gasteiger partial charge in [0.15, 0.2) is 0 Å². The van der Waals surface area contributed by atoms with E-state index >= 15 is 0 Å². The molecule has 122 valence electrons. The predicted octanol–water partition coefficient (Wildman–Crippen LogP) is 1.11. The van der Waals surface area contributed by atoms with E-state index in [9.17, 15) is 4.79 Å². The summed E-state index contributed by atoms with van der Waals surface area (Å²) in [6.07, 6.45) is 6.98. The van der Waals surface area contributed by atoms with Gasteiger partial charge >= 0.3 is 0 Å². The number of hydrogen-bond donors (Lipinski definition) is 1. The van der Waals surface area contributed by atoms with E-state index in [0.29, 0.717) is 18.5 Å². The van der Waals surface area contributed by atoms with Crippen molar-refractivity contribution in [3.8, 4) is 0 Å². The molecule has 1 saturated carbocycles. The first-order chi connectivity index (χ1) is 10.8. The second kappa shape index (κ2) is 6.69. The van der Waals surface area contributed by atoms with Crippen molar-refractivity contribution in [2.45, 2.75) is 58.0 Å². The molecule has 1 aliphatic carbocycles. The molecule has 6 nitrogen and oxygen atoms in total. The van der Waals surface area contributed by atoms with Crippen LogP contribution in [0.15, 0.2) is 4.79 Å². The summed E-state index contributed by atoms with van der Waals surface area (Å²) in [5, 5.41) is 3.24. The van der Waals surface area contributed by atoms with Crippen molar-refractivity contribution in [3.63, 3.8) is 0 Å². The molecule has 2 aliphatic rings. The summed E-state index contributed by atoms with van der Waals surface area (Å²) in [6, 6.07) is 0.465. The van der Waals surface area contributed by atoms with E-state index in [1.165, 1.54) is 36.8 Å². The maximum atomic E-state index is 12.7. The summed E-state index contributed by atoms with van der Waals surface area (Å²) in [5.74, 6) is 0.683. The zero-order valence-corrected chi connectivity index (χ0v) is 13.6. The Hall–Kier alpha value is -1.56. The Balaban J connectivity index is 2.03. The standard InChI is InChI=1S/C16H26N4O2/c1-3-19(12-7-5-4-6-8-12)16-18-14-9-10-17-11-13(14)15(21)20(16)22-2/h12,17H,3-11H2,1-2H3. The van der Waals surface area contributed by atoms with Crippen molar-refractivity contribution in [1.29, 1.82) is 0 Å². The van der Waals surface area contributed by atoms with E-state index < -0.39 is 0 Å². The molecule has 0 aromatic carbocycles. The van der Waals surface area contributed by atoms with Gasteiger partial charge in [0.05, 0.1) is 11.3 Å². The van der Waals surface area contributed by atoms with Gasteiger partial charge < -0.3 is 15.1 Å². The average Bonchev–Trinajstić information content (AvgIpc) is 2.57. The molecule has 1 N–H and O–H groups in total. The third kappa shape index (κ3) is 2.72. The SMILES string of the molecule is CCN(c1nc2c(c(=O)n1OC)CNCC2)C1CCCCC1. The van der Waals surface area contributed by atoms with E-state index in [2.05, 4.69) is 17.1 Å². The molecule has 0 radical (unpaired) electrons. The van der Waals surface area contributed by atoms with Gasteiger partial charge in [-0.2, -0.15) is 0 Å². The highest BCUT2D eigenvalue weighted by atomic mass is 16.7. The lowest BCUT2D eigenvalue weighted by molar-refractivity contribution is 0.152. The minimum absolute atomic E-state index is 0.0658. The molecule has 1 aromatic heterocycles. The monoisotopic (exact) mass is 306 g/mol. The smallest absolute Gasteiger partial charge is 0.292 e. The molecule has 0 saturated heterocycles. The van der Waals surface area contributed by atoms with Crippen molar-refractivity contribution < 1.29 is 4.84 Å². The van der Waals surface area contributed by atoms with Crippen LogP contribution < -0.4 is 20.6 Å². The Labute approximate surface area is 131 Å². The fourth-order valence-corrected chi connectivity index (χ4v) is 3.68. The van der Waals surface area contributed by atoms with Crippen molar-refractivity contribution in [3.05, 3.63) is 21.6 Å². The van der Waals surface area contributed by atoms with E-state index in [4.69, 9.17) is 9.82 Å². The highest BCUT2D eigenvalue weighted by Gasteiger charge is 2.27. The van der Waals surface area contributed by atoms with Crippen molar-refractivity contribution >= 4 is 5.95 Å². The van der Waals surface area contributed by atoms with Crippen molar-refractivity contribution in [2.24, 2.45) is 0 Å². The van der Waals surface area contributed by atoms with E-state index in [0.717, 1.165) is 30.8 Å². The molecule has 0 atom stereocenters.